The Morgan fingerprint density at radius 2 is 2.12 bits per heavy atom. The van der Waals surface area contributed by atoms with Crippen molar-refractivity contribution in [2.24, 2.45) is 0 Å². The van der Waals surface area contributed by atoms with E-state index in [2.05, 4.69) is 21.1 Å². The van der Waals surface area contributed by atoms with Crippen molar-refractivity contribution in [3.05, 3.63) is 18.2 Å². The van der Waals surface area contributed by atoms with Gasteiger partial charge in [0.2, 0.25) is 0 Å². The third kappa shape index (κ3) is 1.88. The number of rotatable bonds is 2. The molecule has 1 saturated carbocycles. The summed E-state index contributed by atoms with van der Waals surface area (Å²) < 4.78 is 2.45. The molecule has 1 N–H and O–H groups in total. The summed E-state index contributed by atoms with van der Waals surface area (Å²) in [6.45, 7) is 2.31. The van der Waals surface area contributed by atoms with Gasteiger partial charge >= 0.3 is 0 Å². The van der Waals surface area contributed by atoms with Gasteiger partial charge in [0.25, 0.3) is 0 Å². The molecule has 2 aliphatic rings. The molecule has 1 atom stereocenters. The third-order valence-corrected chi connectivity index (χ3v) is 4.13. The van der Waals surface area contributed by atoms with Crippen molar-refractivity contribution in [2.75, 3.05) is 13.1 Å². The lowest BCUT2D eigenvalue weighted by Gasteiger charge is -2.29. The van der Waals surface area contributed by atoms with E-state index in [0.29, 0.717) is 6.04 Å². The molecule has 88 valence electrons. The van der Waals surface area contributed by atoms with Gasteiger partial charge in [-0.2, -0.15) is 0 Å². The first-order chi connectivity index (χ1) is 7.95. The zero-order chi connectivity index (χ0) is 10.8. The van der Waals surface area contributed by atoms with Gasteiger partial charge in [-0.3, -0.25) is 0 Å². The highest BCUT2D eigenvalue weighted by Gasteiger charge is 2.25. The first kappa shape index (κ1) is 10.3. The second-order valence-corrected chi connectivity index (χ2v) is 5.21. The summed E-state index contributed by atoms with van der Waals surface area (Å²) in [7, 11) is 0. The average molecular weight is 219 g/mol. The lowest BCUT2D eigenvalue weighted by molar-refractivity contribution is 0.369. The minimum absolute atomic E-state index is 0.639. The maximum absolute atomic E-state index is 4.37. The zero-order valence-corrected chi connectivity index (χ0v) is 9.86. The maximum Gasteiger partial charge on any atom is 0.0951 e. The van der Waals surface area contributed by atoms with E-state index in [-0.39, 0.29) is 0 Å². The van der Waals surface area contributed by atoms with E-state index < -0.39 is 0 Å². The summed E-state index contributed by atoms with van der Waals surface area (Å²) in [5.41, 5.74) is 1.49. The Kier molecular flexibility index (Phi) is 2.96. The predicted molar refractivity (Wildman–Crippen MR) is 64.6 cm³/mol. The van der Waals surface area contributed by atoms with Crippen LogP contribution in [0.4, 0.5) is 0 Å². The lowest BCUT2D eigenvalue weighted by Crippen LogP contribution is -2.25. The molecule has 3 heteroatoms. The highest BCUT2D eigenvalue weighted by atomic mass is 15.1. The van der Waals surface area contributed by atoms with E-state index >= 15 is 0 Å². The summed E-state index contributed by atoms with van der Waals surface area (Å²) in [6.07, 6.45) is 12.3. The molecule has 0 amide bonds. The van der Waals surface area contributed by atoms with E-state index in [1.165, 1.54) is 50.8 Å². The van der Waals surface area contributed by atoms with Crippen LogP contribution in [0.5, 0.6) is 0 Å². The molecular weight excluding hydrogens is 198 g/mol. The van der Waals surface area contributed by atoms with Crippen LogP contribution in [-0.2, 0) is 0 Å². The summed E-state index contributed by atoms with van der Waals surface area (Å²) in [4.78, 5) is 4.37. The van der Waals surface area contributed by atoms with Crippen LogP contribution in [0.15, 0.2) is 12.5 Å². The second-order valence-electron chi connectivity index (χ2n) is 5.21. The van der Waals surface area contributed by atoms with Gasteiger partial charge < -0.3 is 9.88 Å². The molecule has 2 heterocycles. The number of nitrogens with one attached hydrogen (secondary N) is 1. The monoisotopic (exact) mass is 219 g/mol. The van der Waals surface area contributed by atoms with Gasteiger partial charge in [-0.15, -0.1) is 0 Å². The minimum atomic E-state index is 0.639. The summed E-state index contributed by atoms with van der Waals surface area (Å²) in [6, 6.07) is 0.639. The van der Waals surface area contributed by atoms with Crippen LogP contribution in [0.3, 0.4) is 0 Å². The van der Waals surface area contributed by atoms with Crippen molar-refractivity contribution in [1.29, 1.82) is 0 Å². The molecule has 3 rings (SSSR count). The van der Waals surface area contributed by atoms with Crippen molar-refractivity contribution in [1.82, 2.24) is 14.9 Å². The molecular formula is C13H21N3. The van der Waals surface area contributed by atoms with Crippen molar-refractivity contribution in [2.45, 2.75) is 50.5 Å². The van der Waals surface area contributed by atoms with E-state index in [1.807, 2.05) is 6.33 Å². The van der Waals surface area contributed by atoms with Gasteiger partial charge in [-0.1, -0.05) is 12.8 Å². The van der Waals surface area contributed by atoms with Crippen molar-refractivity contribution in [3.63, 3.8) is 0 Å². The van der Waals surface area contributed by atoms with Gasteiger partial charge in [-0.25, -0.2) is 4.98 Å². The number of hydrogen-bond acceptors (Lipinski definition) is 2. The van der Waals surface area contributed by atoms with Gasteiger partial charge in [0, 0.05) is 30.4 Å². The van der Waals surface area contributed by atoms with Crippen LogP contribution in [0.2, 0.25) is 0 Å². The fourth-order valence-electron chi connectivity index (χ4n) is 2.88. The molecule has 1 aliphatic carbocycles. The second kappa shape index (κ2) is 4.58. The highest BCUT2D eigenvalue weighted by Crippen LogP contribution is 2.37. The smallest absolute Gasteiger partial charge is 0.0951 e. The Bertz CT molecular complexity index is 333. The molecule has 0 aromatic carbocycles. The molecule has 0 radical (unpaired) electrons. The largest absolute Gasteiger partial charge is 0.330 e. The fraction of sp³-hybridized carbons (Fsp3) is 0.769. The molecule has 1 unspecified atom stereocenters. The topological polar surface area (TPSA) is 29.9 Å². The zero-order valence-electron chi connectivity index (χ0n) is 9.86. The van der Waals surface area contributed by atoms with Gasteiger partial charge in [-0.05, 0) is 32.2 Å². The normalized spacial score (nSPS) is 27.4. The highest BCUT2D eigenvalue weighted by molar-refractivity contribution is 5.11. The minimum Gasteiger partial charge on any atom is -0.330 e. The van der Waals surface area contributed by atoms with Gasteiger partial charge in [0.15, 0.2) is 0 Å². The average Bonchev–Trinajstić information content (AvgIpc) is 2.52. The maximum atomic E-state index is 4.37. The molecule has 0 spiro atoms. The lowest BCUT2D eigenvalue weighted by atomic mass is 9.83. The number of imidazole rings is 1. The fourth-order valence-corrected chi connectivity index (χ4v) is 2.88. The van der Waals surface area contributed by atoms with Gasteiger partial charge in [0.05, 0.1) is 6.33 Å². The standard InChI is InChI=1S/C13H21N3/c1-2-7-14-8-12(6-1)16-10-15-9-13(16)11-4-3-5-11/h9-12,14H,1-8H2. The SMILES string of the molecule is c1ncn(C2CCCCNC2)c1C1CCC1. The van der Waals surface area contributed by atoms with Crippen LogP contribution in [-0.4, -0.2) is 22.6 Å². The Morgan fingerprint density at radius 3 is 2.94 bits per heavy atom. The number of aromatic nitrogens is 2. The van der Waals surface area contributed by atoms with Crippen molar-refractivity contribution >= 4 is 0 Å². The Balaban J connectivity index is 1.78. The van der Waals surface area contributed by atoms with Crippen LogP contribution in [0, 0.1) is 0 Å². The first-order valence-electron chi connectivity index (χ1n) is 6.67. The van der Waals surface area contributed by atoms with Crippen LogP contribution < -0.4 is 5.32 Å². The van der Waals surface area contributed by atoms with E-state index in [1.54, 1.807) is 0 Å². The summed E-state index contributed by atoms with van der Waals surface area (Å²) >= 11 is 0. The van der Waals surface area contributed by atoms with Crippen molar-refractivity contribution in [3.8, 4) is 0 Å². The third-order valence-electron chi connectivity index (χ3n) is 4.13. The van der Waals surface area contributed by atoms with Gasteiger partial charge in [0.1, 0.15) is 0 Å². The molecule has 1 aromatic heterocycles. The molecule has 1 saturated heterocycles. The summed E-state index contributed by atoms with van der Waals surface area (Å²) in [5.74, 6) is 0.797. The predicted octanol–water partition coefficient (Wildman–Crippen LogP) is 2.47. The molecule has 16 heavy (non-hydrogen) atoms. The Labute approximate surface area is 97.3 Å². The van der Waals surface area contributed by atoms with E-state index in [4.69, 9.17) is 0 Å². The van der Waals surface area contributed by atoms with E-state index in [9.17, 15) is 0 Å². The number of nitrogens with zero attached hydrogens (tertiary/aromatic N) is 2. The Hall–Kier alpha value is -0.830. The van der Waals surface area contributed by atoms with Crippen LogP contribution in [0.1, 0.15) is 56.2 Å². The Morgan fingerprint density at radius 1 is 1.19 bits per heavy atom. The van der Waals surface area contributed by atoms with E-state index in [0.717, 1.165) is 12.5 Å². The molecule has 0 bridgehead atoms. The molecule has 1 aliphatic heterocycles. The molecule has 2 fully saturated rings. The molecule has 3 nitrogen and oxygen atoms in total. The number of hydrogen-bond donors (Lipinski definition) is 1. The summed E-state index contributed by atoms with van der Waals surface area (Å²) in [5, 5.41) is 3.54. The first-order valence-corrected chi connectivity index (χ1v) is 6.67. The van der Waals surface area contributed by atoms with Crippen LogP contribution >= 0.6 is 0 Å². The quantitative estimate of drug-likeness (QED) is 0.828. The van der Waals surface area contributed by atoms with Crippen LogP contribution in [0.25, 0.3) is 0 Å². The van der Waals surface area contributed by atoms with Crippen molar-refractivity contribution < 1.29 is 0 Å². The molecule has 1 aromatic rings.